The van der Waals surface area contributed by atoms with Crippen molar-refractivity contribution in [2.45, 2.75) is 25.4 Å². The Hall–Kier alpha value is -3.13. The van der Waals surface area contributed by atoms with E-state index in [1.54, 1.807) is 13.2 Å². The van der Waals surface area contributed by atoms with Crippen LogP contribution in [0.5, 0.6) is 11.5 Å². The number of ether oxygens (including phenoxy) is 2. The lowest BCUT2D eigenvalue weighted by atomic mass is 10.0. The highest BCUT2D eigenvalue weighted by Gasteiger charge is 2.23. The van der Waals surface area contributed by atoms with Gasteiger partial charge in [0.2, 0.25) is 0 Å². The first-order valence-corrected chi connectivity index (χ1v) is 9.48. The van der Waals surface area contributed by atoms with E-state index in [2.05, 4.69) is 16.3 Å². The van der Waals surface area contributed by atoms with Crippen LogP contribution in [-0.4, -0.2) is 49.1 Å². The molecule has 0 radical (unpaired) electrons. The molecule has 0 unspecified atom stereocenters. The van der Waals surface area contributed by atoms with E-state index in [-0.39, 0.29) is 28.9 Å². The van der Waals surface area contributed by atoms with E-state index >= 15 is 0 Å². The molecule has 0 atom stereocenters. The highest BCUT2D eigenvalue weighted by molar-refractivity contribution is 5.95. The van der Waals surface area contributed by atoms with Crippen LogP contribution in [0.15, 0.2) is 42.5 Å². The maximum absolute atomic E-state index is 12.5. The average Bonchev–Trinajstić information content (AvgIpc) is 2.74. The van der Waals surface area contributed by atoms with E-state index in [0.29, 0.717) is 0 Å². The van der Waals surface area contributed by atoms with E-state index in [9.17, 15) is 14.9 Å². The van der Waals surface area contributed by atoms with Crippen molar-refractivity contribution in [2.24, 2.45) is 0 Å². The van der Waals surface area contributed by atoms with Crippen molar-refractivity contribution in [2.75, 3.05) is 27.3 Å². The number of nitrogens with one attached hydrogen (secondary N) is 1. The van der Waals surface area contributed by atoms with Gasteiger partial charge in [-0.1, -0.05) is 12.1 Å². The molecule has 2 aromatic carbocycles. The van der Waals surface area contributed by atoms with Crippen molar-refractivity contribution in [3.63, 3.8) is 0 Å². The monoisotopic (exact) mass is 399 g/mol. The summed E-state index contributed by atoms with van der Waals surface area (Å²) in [6.45, 7) is 2.57. The normalized spacial score (nSPS) is 15.0. The Bertz CT molecular complexity index is 878. The van der Waals surface area contributed by atoms with Crippen LogP contribution in [0.25, 0.3) is 0 Å². The van der Waals surface area contributed by atoms with Gasteiger partial charge in [-0.15, -0.1) is 0 Å². The maximum atomic E-state index is 12.5. The largest absolute Gasteiger partial charge is 0.497 e. The molecule has 1 aliphatic rings. The van der Waals surface area contributed by atoms with E-state index < -0.39 is 4.92 Å². The molecule has 8 heteroatoms. The van der Waals surface area contributed by atoms with Gasteiger partial charge in [0.15, 0.2) is 5.75 Å². The zero-order valence-corrected chi connectivity index (χ0v) is 16.6. The molecule has 29 heavy (non-hydrogen) atoms. The Morgan fingerprint density at radius 3 is 2.59 bits per heavy atom. The molecule has 8 nitrogen and oxygen atoms in total. The summed E-state index contributed by atoms with van der Waals surface area (Å²) >= 11 is 0. The van der Waals surface area contributed by atoms with Gasteiger partial charge in [-0.3, -0.25) is 19.8 Å². The van der Waals surface area contributed by atoms with Gasteiger partial charge >= 0.3 is 5.69 Å². The molecule has 1 aliphatic heterocycles. The molecular formula is C21H25N3O5. The summed E-state index contributed by atoms with van der Waals surface area (Å²) in [6.07, 6.45) is 1.65. The summed E-state index contributed by atoms with van der Waals surface area (Å²) in [5.41, 5.74) is 1.24. The molecule has 154 valence electrons. The molecule has 3 rings (SSSR count). The van der Waals surface area contributed by atoms with Gasteiger partial charge in [0.1, 0.15) is 5.75 Å². The van der Waals surface area contributed by atoms with Gasteiger partial charge < -0.3 is 14.8 Å². The van der Waals surface area contributed by atoms with Crippen LogP contribution in [0.3, 0.4) is 0 Å². The molecule has 1 heterocycles. The number of amides is 1. The van der Waals surface area contributed by atoms with E-state index in [1.807, 2.05) is 18.2 Å². The first kappa shape index (κ1) is 20.6. The van der Waals surface area contributed by atoms with Crippen molar-refractivity contribution >= 4 is 11.6 Å². The molecule has 1 fully saturated rings. The Balaban J connectivity index is 1.54. The summed E-state index contributed by atoms with van der Waals surface area (Å²) in [4.78, 5) is 25.5. The molecule has 1 N–H and O–H groups in total. The number of nitro groups is 1. The number of piperidine rings is 1. The Kier molecular flexibility index (Phi) is 6.66. The van der Waals surface area contributed by atoms with Crippen molar-refractivity contribution in [1.29, 1.82) is 0 Å². The molecular weight excluding hydrogens is 374 g/mol. The van der Waals surface area contributed by atoms with Crippen LogP contribution >= 0.6 is 0 Å². The van der Waals surface area contributed by atoms with Gasteiger partial charge in [-0.25, -0.2) is 0 Å². The molecule has 1 saturated heterocycles. The number of nitro benzene ring substituents is 1. The van der Waals surface area contributed by atoms with Gasteiger partial charge in [0.25, 0.3) is 5.91 Å². The third-order valence-corrected chi connectivity index (χ3v) is 5.10. The number of nitrogens with zero attached hydrogens (tertiary/aromatic N) is 2. The van der Waals surface area contributed by atoms with Crippen LogP contribution in [0.1, 0.15) is 28.8 Å². The second-order valence-electron chi connectivity index (χ2n) is 7.02. The zero-order valence-electron chi connectivity index (χ0n) is 16.6. The number of benzene rings is 2. The van der Waals surface area contributed by atoms with Gasteiger partial charge in [0, 0.05) is 37.3 Å². The minimum absolute atomic E-state index is 0.0465. The summed E-state index contributed by atoms with van der Waals surface area (Å²) < 4.78 is 10.2. The average molecular weight is 399 g/mol. The number of carbonyl (C=O) groups excluding carboxylic acids is 1. The highest BCUT2D eigenvalue weighted by atomic mass is 16.6. The molecule has 1 amide bonds. The summed E-state index contributed by atoms with van der Waals surface area (Å²) in [5.74, 6) is 0.678. The first-order valence-electron chi connectivity index (χ1n) is 9.48. The second kappa shape index (κ2) is 9.38. The fourth-order valence-electron chi connectivity index (χ4n) is 3.51. The molecule has 0 bridgehead atoms. The highest BCUT2D eigenvalue weighted by Crippen LogP contribution is 2.27. The van der Waals surface area contributed by atoms with E-state index in [1.165, 1.54) is 24.8 Å². The standard InChI is InChI=1S/C21H25N3O5/c1-28-18-5-3-4-15(12-18)14-23-10-8-17(9-11-23)22-21(25)16-6-7-20(29-2)19(13-16)24(26)27/h3-7,12-13,17H,8-11,14H2,1-2H3,(H,22,25). The number of hydrogen-bond acceptors (Lipinski definition) is 6. The SMILES string of the molecule is COc1cccc(CN2CCC(NC(=O)c3ccc(OC)c([N+](=O)[O-])c3)CC2)c1. The third-order valence-electron chi connectivity index (χ3n) is 5.10. The number of methoxy groups -OCH3 is 2. The lowest BCUT2D eigenvalue weighted by Gasteiger charge is -2.32. The first-order chi connectivity index (χ1) is 14.0. The number of rotatable bonds is 7. The minimum Gasteiger partial charge on any atom is -0.497 e. The predicted octanol–water partition coefficient (Wildman–Crippen LogP) is 3.01. The number of carbonyl (C=O) groups is 1. The lowest BCUT2D eigenvalue weighted by molar-refractivity contribution is -0.385. The van der Waals surface area contributed by atoms with Crippen LogP contribution in [0, 0.1) is 10.1 Å². The topological polar surface area (TPSA) is 93.9 Å². The van der Waals surface area contributed by atoms with Crippen LogP contribution in [0.4, 0.5) is 5.69 Å². The zero-order chi connectivity index (χ0) is 20.8. The smallest absolute Gasteiger partial charge is 0.311 e. The summed E-state index contributed by atoms with van der Waals surface area (Å²) in [7, 11) is 3.02. The molecule has 2 aromatic rings. The van der Waals surface area contributed by atoms with Crippen LogP contribution in [0.2, 0.25) is 0 Å². The lowest BCUT2D eigenvalue weighted by Crippen LogP contribution is -2.44. The van der Waals surface area contributed by atoms with Crippen molar-refractivity contribution in [3.05, 3.63) is 63.7 Å². The molecule has 0 spiro atoms. The van der Waals surface area contributed by atoms with Crippen LogP contribution < -0.4 is 14.8 Å². The molecule has 0 aliphatic carbocycles. The number of hydrogen-bond donors (Lipinski definition) is 1. The Labute approximate surface area is 169 Å². The minimum atomic E-state index is -0.549. The van der Waals surface area contributed by atoms with Crippen molar-refractivity contribution in [1.82, 2.24) is 10.2 Å². The summed E-state index contributed by atoms with van der Waals surface area (Å²) in [6, 6.07) is 12.3. The fourth-order valence-corrected chi connectivity index (χ4v) is 3.51. The fraction of sp³-hybridized carbons (Fsp3) is 0.381. The quantitative estimate of drug-likeness (QED) is 0.568. The summed E-state index contributed by atoms with van der Waals surface area (Å²) in [5, 5.41) is 14.1. The number of likely N-dealkylation sites (tertiary alicyclic amines) is 1. The Morgan fingerprint density at radius 1 is 1.17 bits per heavy atom. The van der Waals surface area contributed by atoms with Crippen LogP contribution in [-0.2, 0) is 6.54 Å². The maximum Gasteiger partial charge on any atom is 0.311 e. The van der Waals surface area contributed by atoms with E-state index in [0.717, 1.165) is 38.2 Å². The second-order valence-corrected chi connectivity index (χ2v) is 7.02. The van der Waals surface area contributed by atoms with Crippen molar-refractivity contribution < 1.29 is 19.2 Å². The van der Waals surface area contributed by atoms with Crippen molar-refractivity contribution in [3.8, 4) is 11.5 Å². The molecule has 0 aromatic heterocycles. The van der Waals surface area contributed by atoms with Gasteiger partial charge in [-0.2, -0.15) is 0 Å². The van der Waals surface area contributed by atoms with Gasteiger partial charge in [0.05, 0.1) is 19.1 Å². The van der Waals surface area contributed by atoms with E-state index in [4.69, 9.17) is 9.47 Å². The van der Waals surface area contributed by atoms with Gasteiger partial charge in [-0.05, 0) is 42.7 Å². The molecule has 0 saturated carbocycles. The third kappa shape index (κ3) is 5.23. The Morgan fingerprint density at radius 2 is 1.93 bits per heavy atom. The predicted molar refractivity (Wildman–Crippen MR) is 108 cm³/mol.